The van der Waals surface area contributed by atoms with E-state index in [4.69, 9.17) is 15.6 Å². The zero-order valence-corrected chi connectivity index (χ0v) is 34.5. The summed E-state index contributed by atoms with van der Waals surface area (Å²) in [4.78, 5) is 103. The van der Waals surface area contributed by atoms with Gasteiger partial charge in [0.25, 0.3) is 13.7 Å². The third-order valence-electron chi connectivity index (χ3n) is 7.10. The lowest BCUT2D eigenvalue weighted by Crippen LogP contribution is -2.50. The number of ether oxygens (including phenoxy) is 1. The maximum absolute atomic E-state index is 12.6. The molecule has 3 heterocycles. The van der Waals surface area contributed by atoms with Gasteiger partial charge >= 0.3 is 13.8 Å². The number of aromatic nitrogens is 4. The number of nitrogen functional groups attached to an aromatic ring is 1. The number of phosphoric ester groups is 3. The molecule has 30 heteroatoms. The Morgan fingerprint density at radius 1 is 1.08 bits per heavy atom. The molecule has 0 radical (unpaired) electrons. The summed E-state index contributed by atoms with van der Waals surface area (Å²) >= 11 is 0.951. The van der Waals surface area contributed by atoms with Crippen molar-refractivity contribution in [3.8, 4) is 0 Å². The number of carboxylic acid groups (broad SMARTS) is 1. The highest BCUT2D eigenvalue weighted by atomic mass is 32.2. The second kappa shape index (κ2) is 22.4. The number of fused-ring (bicyclic) bond motifs is 1. The number of carboxylic acids is 1. The van der Waals surface area contributed by atoms with E-state index < -0.39 is 84.1 Å². The molecule has 0 bridgehead atoms. The molecule has 2 amide bonds. The smallest absolute Gasteiger partial charge is 0.478 e. The summed E-state index contributed by atoms with van der Waals surface area (Å²) in [5.41, 5.74) is 3.94. The van der Waals surface area contributed by atoms with Crippen LogP contribution in [-0.2, 0) is 55.5 Å². The van der Waals surface area contributed by atoms with Crippen molar-refractivity contribution < 1.29 is 90.4 Å². The standard InChI is InChI=1S/C24H38N7O17P3S.C4H6O2.CH4/c1-12(2)23(36)52-8-7-26-14(32)5-6-27-21(35)18(34)24(3,4)47-51(42,43)48-50(40,41)44-9-13-17(46-49(37,38)39)16(33)22(45-13)31-11-30-15-19(25)28-10-29-20(15)31;1-3(2)4(5)6;/h10-11,13,16-18,22,33-34H,1,5-9H2,2-4H3,(H,26,32)(H,27,35)(H,40,41)(H,42,43)(H2,25,28,29)(H2,37,38,39);1H2,2H3,(H,5,6);1H4/p-3/t13?,16?,17?,18-,22?;;/m0../s1. The Kier molecular flexibility index (Phi) is 20.3. The Balaban J connectivity index is 0.00000230. The van der Waals surface area contributed by atoms with Crippen LogP contribution in [0.25, 0.3) is 11.2 Å². The number of amides is 2. The van der Waals surface area contributed by atoms with E-state index in [2.05, 4.69) is 56.6 Å². The highest BCUT2D eigenvalue weighted by molar-refractivity contribution is 8.14. The second-order valence-electron chi connectivity index (χ2n) is 12.4. The third-order valence-corrected chi connectivity index (χ3v) is 11.4. The van der Waals surface area contributed by atoms with Gasteiger partial charge in [0.2, 0.25) is 11.0 Å². The van der Waals surface area contributed by atoms with Crippen LogP contribution in [-0.4, -0.2) is 118 Å². The molecule has 1 aliphatic heterocycles. The fraction of sp³-hybridized carbons (Fsp3) is 0.552. The first-order valence-electron chi connectivity index (χ1n) is 16.2. The average molecular weight is 921 g/mol. The Bertz CT molecular complexity index is 1980. The molecule has 1 fully saturated rings. The monoisotopic (exact) mass is 920 g/mol. The number of aliphatic hydroxyl groups is 2. The summed E-state index contributed by atoms with van der Waals surface area (Å²) in [5.74, 6) is -2.45. The highest BCUT2D eigenvalue weighted by Crippen LogP contribution is 2.60. The van der Waals surface area contributed by atoms with Crippen LogP contribution in [0.15, 0.2) is 37.0 Å². The lowest BCUT2D eigenvalue weighted by Gasteiger charge is -2.36. The number of hydrogen-bond donors (Lipinski definition) is 7. The van der Waals surface area contributed by atoms with Crippen LogP contribution in [0.2, 0.25) is 0 Å². The normalized spacial score (nSPS) is 20.4. The predicted octanol–water partition coefficient (Wildman–Crippen LogP) is -1.62. The Morgan fingerprint density at radius 2 is 1.69 bits per heavy atom. The molecule has 3 rings (SSSR count). The average Bonchev–Trinajstić information content (AvgIpc) is 3.64. The number of imidazole rings is 1. The summed E-state index contributed by atoms with van der Waals surface area (Å²) in [6.07, 6.45) is -7.93. The number of phosphoric acid groups is 3. The lowest BCUT2D eigenvalue weighted by molar-refractivity contribution is -0.347. The van der Waals surface area contributed by atoms with Gasteiger partial charge in [0.1, 0.15) is 35.8 Å². The van der Waals surface area contributed by atoms with Gasteiger partial charge in [0.15, 0.2) is 23.8 Å². The van der Waals surface area contributed by atoms with E-state index in [0.29, 0.717) is 5.57 Å². The predicted molar refractivity (Wildman–Crippen MR) is 200 cm³/mol. The molecule has 2 aromatic rings. The van der Waals surface area contributed by atoms with Crippen molar-refractivity contribution in [1.82, 2.24) is 30.2 Å². The number of anilines is 1. The quantitative estimate of drug-likeness (QED) is 0.0446. The number of aliphatic hydroxyl groups excluding tert-OH is 2. The minimum atomic E-state index is -5.93. The number of carbonyl (C=O) groups is 4. The van der Waals surface area contributed by atoms with Crippen LogP contribution >= 0.6 is 35.2 Å². The van der Waals surface area contributed by atoms with Gasteiger partial charge in [-0.3, -0.25) is 28.0 Å². The van der Waals surface area contributed by atoms with Crippen molar-refractivity contribution in [2.24, 2.45) is 0 Å². The van der Waals surface area contributed by atoms with Crippen molar-refractivity contribution in [3.63, 3.8) is 0 Å². The van der Waals surface area contributed by atoms with E-state index in [0.717, 1.165) is 42.8 Å². The fourth-order valence-electron chi connectivity index (χ4n) is 4.35. The number of nitrogens with zero attached hydrogens (tertiary/aromatic N) is 4. The van der Waals surface area contributed by atoms with Crippen molar-refractivity contribution in [2.45, 2.75) is 77.8 Å². The number of hydrogen-bond acceptors (Lipinski definition) is 22. The second-order valence-corrected chi connectivity index (χ2v) is 17.5. The maximum atomic E-state index is 12.6. The van der Waals surface area contributed by atoms with Crippen molar-refractivity contribution >= 4 is 75.1 Å². The first-order chi connectivity index (χ1) is 26.6. The summed E-state index contributed by atoms with van der Waals surface area (Å²) in [6, 6.07) is 0. The van der Waals surface area contributed by atoms with Crippen LogP contribution in [0.1, 0.15) is 47.8 Å². The van der Waals surface area contributed by atoms with Crippen LogP contribution in [0, 0.1) is 0 Å². The largest absolute Gasteiger partial charge is 0.790 e. The topological polar surface area (TPSA) is 409 Å². The first-order valence-corrected chi connectivity index (χ1v) is 21.6. The Labute approximate surface area is 341 Å². The van der Waals surface area contributed by atoms with Crippen LogP contribution in [0.3, 0.4) is 0 Å². The molecule has 59 heavy (non-hydrogen) atoms. The lowest BCUT2D eigenvalue weighted by atomic mass is 10.0. The Morgan fingerprint density at radius 3 is 2.25 bits per heavy atom. The molecule has 0 aromatic carbocycles. The van der Waals surface area contributed by atoms with Crippen molar-refractivity contribution in [3.05, 3.63) is 37.0 Å². The minimum absolute atomic E-state index is 0. The van der Waals surface area contributed by atoms with E-state index in [-0.39, 0.29) is 60.4 Å². The molecular formula is C29H45N7O19P3S-3. The molecule has 26 nitrogen and oxygen atoms in total. The van der Waals surface area contributed by atoms with Gasteiger partial charge in [-0.25, -0.2) is 28.6 Å². The number of aliphatic carboxylic acids is 1. The van der Waals surface area contributed by atoms with Gasteiger partial charge in [0, 0.05) is 30.8 Å². The highest BCUT2D eigenvalue weighted by Gasteiger charge is 2.48. The summed E-state index contributed by atoms with van der Waals surface area (Å²) in [6.45, 7) is 10.1. The van der Waals surface area contributed by atoms with Crippen LogP contribution in [0.4, 0.5) is 5.82 Å². The molecule has 334 valence electrons. The molecule has 2 aromatic heterocycles. The molecule has 0 spiro atoms. The molecule has 1 aliphatic rings. The van der Waals surface area contributed by atoms with Gasteiger partial charge in [-0.2, -0.15) is 0 Å². The molecule has 0 aliphatic carbocycles. The number of rotatable bonds is 20. The summed E-state index contributed by atoms with van der Waals surface area (Å²) in [7, 11) is -17.5. The number of nitrogens with two attached hydrogens (primary N) is 1. The molecule has 8 N–H and O–H groups in total. The molecule has 1 saturated heterocycles. The van der Waals surface area contributed by atoms with Gasteiger partial charge in [-0.1, -0.05) is 32.3 Å². The zero-order chi connectivity index (χ0) is 44.4. The van der Waals surface area contributed by atoms with Crippen LogP contribution in [0.5, 0.6) is 0 Å². The van der Waals surface area contributed by atoms with Gasteiger partial charge in [-0.05, 0) is 33.3 Å². The number of thioether (sulfide) groups is 1. The van der Waals surface area contributed by atoms with Gasteiger partial charge in [-0.15, -0.1) is 0 Å². The molecule has 0 saturated carbocycles. The minimum Gasteiger partial charge on any atom is -0.790 e. The van der Waals surface area contributed by atoms with E-state index in [9.17, 15) is 62.7 Å². The van der Waals surface area contributed by atoms with Gasteiger partial charge in [0.05, 0.1) is 20.8 Å². The van der Waals surface area contributed by atoms with E-state index in [1.807, 2.05) is 0 Å². The van der Waals surface area contributed by atoms with E-state index in [1.54, 1.807) is 6.92 Å². The Hall–Kier alpha value is -3.49. The van der Waals surface area contributed by atoms with E-state index >= 15 is 0 Å². The summed E-state index contributed by atoms with van der Waals surface area (Å²) < 4.78 is 60.9. The van der Waals surface area contributed by atoms with E-state index in [1.165, 1.54) is 6.92 Å². The molecule has 6 unspecified atom stereocenters. The maximum Gasteiger partial charge on any atom is 0.478 e. The van der Waals surface area contributed by atoms with Crippen LogP contribution < -0.4 is 31.0 Å². The van der Waals surface area contributed by atoms with Crippen molar-refractivity contribution in [1.29, 1.82) is 0 Å². The number of carbonyl (C=O) groups excluding carboxylic acids is 3. The summed E-state index contributed by atoms with van der Waals surface area (Å²) in [5, 5.41) is 33.5. The first kappa shape index (κ1) is 53.5. The molecule has 7 atom stereocenters. The van der Waals surface area contributed by atoms with Crippen molar-refractivity contribution in [2.75, 3.05) is 31.2 Å². The zero-order valence-electron chi connectivity index (χ0n) is 31.0. The number of nitrogens with one attached hydrogen (secondary N) is 2. The third kappa shape index (κ3) is 17.2. The SMILES string of the molecule is C.C=C(C)C(=O)O.C=C(C)C(=O)SCCNC(=O)CCNC(=O)[C@H](O)C(C)(C)OP(=O)([O-])OP(=O)(O)OCC1OC(n2cnc3c(N)ncnc32)C(O)C1OP(=O)([O-])[O-]. The molecular weight excluding hydrogens is 875 g/mol. The van der Waals surface area contributed by atoms with Gasteiger partial charge < -0.3 is 69.6 Å². The fourth-order valence-corrected chi connectivity index (χ4v) is 7.89.